The molecule has 2 fully saturated rings. The predicted octanol–water partition coefficient (Wildman–Crippen LogP) is 3.75. The molecule has 0 spiro atoms. The molecule has 2 aromatic rings. The Balaban J connectivity index is 1.33. The van der Waals surface area contributed by atoms with E-state index in [1.165, 1.54) is 6.21 Å². The van der Waals surface area contributed by atoms with Crippen LogP contribution < -0.4 is 21.1 Å². The summed E-state index contributed by atoms with van der Waals surface area (Å²) >= 11 is 7.78. The number of carbonyl (C=O) groups is 1. The van der Waals surface area contributed by atoms with Crippen molar-refractivity contribution in [3.63, 3.8) is 0 Å². The van der Waals surface area contributed by atoms with Gasteiger partial charge in [0.15, 0.2) is 0 Å². The highest BCUT2D eigenvalue weighted by Gasteiger charge is 2.39. The highest BCUT2D eigenvalue weighted by atomic mass is 35.5. The van der Waals surface area contributed by atoms with E-state index >= 15 is 0 Å². The number of allylic oxidation sites excluding steroid dienone is 1. The SMILES string of the molecule is COc1cc(CNCC=[S+]N2CCN(/C(C=N)=C(\OCC3(C)CC3)C(=O)Nc3cccc(Cl)c3)CC2)ccc1N. The van der Waals surface area contributed by atoms with Gasteiger partial charge in [-0.25, -0.2) is 0 Å². The van der Waals surface area contributed by atoms with Crippen molar-refractivity contribution >= 4 is 52.0 Å². The van der Waals surface area contributed by atoms with Gasteiger partial charge in [0.25, 0.3) is 17.4 Å². The van der Waals surface area contributed by atoms with Gasteiger partial charge in [-0.05, 0) is 48.7 Å². The van der Waals surface area contributed by atoms with Crippen molar-refractivity contribution in [2.75, 3.05) is 57.5 Å². The fourth-order valence-electron chi connectivity index (χ4n) is 4.23. The predicted molar refractivity (Wildman–Crippen MR) is 165 cm³/mol. The molecule has 1 heterocycles. The Bertz CT molecular complexity index is 1260. The molecule has 0 unspecified atom stereocenters. The van der Waals surface area contributed by atoms with Gasteiger partial charge in [-0.2, -0.15) is 0 Å². The lowest BCUT2D eigenvalue weighted by molar-refractivity contribution is -0.116. The molecule has 1 aliphatic carbocycles. The van der Waals surface area contributed by atoms with Crippen molar-refractivity contribution in [3.8, 4) is 5.75 Å². The van der Waals surface area contributed by atoms with E-state index in [1.807, 2.05) is 18.2 Å². The molecule has 0 radical (unpaired) electrons. The molecular weight excluding hydrogens is 548 g/mol. The average molecular weight is 586 g/mol. The number of anilines is 2. The second kappa shape index (κ2) is 13.9. The lowest BCUT2D eigenvalue weighted by Crippen LogP contribution is -2.45. The lowest BCUT2D eigenvalue weighted by atomic mass is 10.2. The number of nitrogens with zero attached hydrogens (tertiary/aromatic N) is 2. The van der Waals surface area contributed by atoms with Gasteiger partial charge in [-0.3, -0.25) is 4.79 Å². The summed E-state index contributed by atoms with van der Waals surface area (Å²) < 4.78 is 13.7. The molecule has 214 valence electrons. The molecule has 9 nitrogen and oxygen atoms in total. The van der Waals surface area contributed by atoms with Crippen LogP contribution in [-0.2, 0) is 27.6 Å². The van der Waals surface area contributed by atoms with E-state index < -0.39 is 0 Å². The molecule has 0 atom stereocenters. The van der Waals surface area contributed by atoms with Crippen LogP contribution in [0.1, 0.15) is 25.3 Å². The number of carbonyl (C=O) groups excluding carboxylic acids is 1. The third-order valence-corrected chi connectivity index (χ3v) is 8.20. The Morgan fingerprint density at radius 3 is 2.65 bits per heavy atom. The summed E-state index contributed by atoms with van der Waals surface area (Å²) in [5.74, 6) is 0.491. The van der Waals surface area contributed by atoms with Crippen LogP contribution in [0.2, 0.25) is 5.02 Å². The number of ether oxygens (including phenoxy) is 2. The van der Waals surface area contributed by atoms with Crippen molar-refractivity contribution in [3.05, 3.63) is 64.5 Å². The van der Waals surface area contributed by atoms with E-state index in [9.17, 15) is 4.79 Å². The third-order valence-electron chi connectivity index (χ3n) is 6.98. The molecule has 4 rings (SSSR count). The maximum absolute atomic E-state index is 13.3. The summed E-state index contributed by atoms with van der Waals surface area (Å²) in [6.45, 7) is 6.99. The number of amides is 1. The fourth-order valence-corrected chi connectivity index (χ4v) is 5.20. The zero-order chi connectivity index (χ0) is 28.5. The number of nitrogens with one attached hydrogen (secondary N) is 3. The molecule has 1 aliphatic heterocycles. The van der Waals surface area contributed by atoms with Gasteiger partial charge >= 0.3 is 0 Å². The lowest BCUT2D eigenvalue weighted by Gasteiger charge is -2.31. The molecule has 1 saturated carbocycles. The quantitative estimate of drug-likeness (QED) is 0.0413. The Morgan fingerprint density at radius 2 is 1.98 bits per heavy atom. The maximum Gasteiger partial charge on any atom is 0.293 e. The first-order valence-corrected chi connectivity index (χ1v) is 14.6. The van der Waals surface area contributed by atoms with E-state index in [4.69, 9.17) is 32.2 Å². The first-order valence-electron chi connectivity index (χ1n) is 13.4. The van der Waals surface area contributed by atoms with E-state index in [0.717, 1.165) is 38.0 Å². The van der Waals surface area contributed by atoms with Gasteiger partial charge in [0.05, 0.1) is 39.0 Å². The van der Waals surface area contributed by atoms with Gasteiger partial charge in [-0.1, -0.05) is 35.0 Å². The molecule has 40 heavy (non-hydrogen) atoms. The highest BCUT2D eigenvalue weighted by molar-refractivity contribution is 7.75. The maximum atomic E-state index is 13.3. The zero-order valence-electron chi connectivity index (χ0n) is 23.0. The van der Waals surface area contributed by atoms with Gasteiger partial charge in [0, 0.05) is 42.0 Å². The van der Waals surface area contributed by atoms with Crippen molar-refractivity contribution < 1.29 is 14.3 Å². The van der Waals surface area contributed by atoms with Crippen molar-refractivity contribution in [1.82, 2.24) is 14.5 Å². The topological polar surface area (TPSA) is 116 Å². The van der Waals surface area contributed by atoms with Crippen molar-refractivity contribution in [2.45, 2.75) is 26.3 Å². The summed E-state index contributed by atoms with van der Waals surface area (Å²) in [6.07, 6.45) is 3.38. The Morgan fingerprint density at radius 1 is 1.20 bits per heavy atom. The van der Waals surface area contributed by atoms with Gasteiger partial charge in [0.2, 0.25) is 11.1 Å². The van der Waals surface area contributed by atoms with Crippen LogP contribution >= 0.6 is 11.6 Å². The number of halogens is 1. The second-order valence-corrected chi connectivity index (χ2v) is 11.8. The van der Waals surface area contributed by atoms with E-state index in [2.05, 4.69) is 32.1 Å². The molecule has 0 bridgehead atoms. The molecule has 1 saturated heterocycles. The summed E-state index contributed by atoms with van der Waals surface area (Å²) in [7, 11) is 1.62. The summed E-state index contributed by atoms with van der Waals surface area (Å²) in [5.41, 5.74) is 8.80. The van der Waals surface area contributed by atoms with Crippen LogP contribution in [0, 0.1) is 10.8 Å². The van der Waals surface area contributed by atoms with Gasteiger partial charge in [-0.15, -0.1) is 0 Å². The zero-order valence-corrected chi connectivity index (χ0v) is 24.6. The molecule has 2 aromatic carbocycles. The minimum absolute atomic E-state index is 0.0911. The van der Waals surface area contributed by atoms with E-state index in [0.29, 0.717) is 54.1 Å². The summed E-state index contributed by atoms with van der Waals surface area (Å²) in [4.78, 5) is 15.4. The average Bonchev–Trinajstić information content (AvgIpc) is 3.69. The molecule has 5 N–H and O–H groups in total. The monoisotopic (exact) mass is 585 g/mol. The molecule has 11 heteroatoms. The fraction of sp³-hybridized carbons (Fsp3) is 0.414. The number of hydrogen-bond acceptors (Lipinski definition) is 8. The largest absolute Gasteiger partial charge is 0.495 e. The number of piperazine rings is 1. The molecule has 2 aliphatic rings. The van der Waals surface area contributed by atoms with E-state index in [-0.39, 0.29) is 17.1 Å². The number of nitrogen functional groups attached to an aromatic ring is 1. The first kappa shape index (κ1) is 29.8. The second-order valence-electron chi connectivity index (χ2n) is 10.3. The van der Waals surface area contributed by atoms with Crippen LogP contribution in [0.3, 0.4) is 0 Å². The molecule has 0 aromatic heterocycles. The van der Waals surface area contributed by atoms with Crippen molar-refractivity contribution in [2.24, 2.45) is 5.41 Å². The highest BCUT2D eigenvalue weighted by Crippen LogP contribution is 2.45. The smallest absolute Gasteiger partial charge is 0.293 e. The number of hydrogen-bond donors (Lipinski definition) is 4. The Kier molecular flexibility index (Phi) is 10.4. The van der Waals surface area contributed by atoms with Crippen LogP contribution in [-0.4, -0.2) is 73.1 Å². The minimum atomic E-state index is -0.375. The van der Waals surface area contributed by atoms with Gasteiger partial charge < -0.3 is 36.2 Å². The number of methoxy groups -OCH3 is 1. The number of benzene rings is 2. The molecule has 1 amide bonds. The van der Waals surface area contributed by atoms with E-state index in [1.54, 1.807) is 42.9 Å². The van der Waals surface area contributed by atoms with Crippen molar-refractivity contribution in [1.29, 1.82) is 5.41 Å². The summed E-state index contributed by atoms with van der Waals surface area (Å²) in [5, 5.41) is 17.1. The Hall–Kier alpha value is -3.18. The molecular formula is C29H38ClN6O3S+. The standard InChI is InChI=1S/C29H37ClN6O3S/c1-29(8-9-29)20-39-27(28(37)34-23-5-3-4-22(30)17-23)25(18-31)35-11-13-36(14-12-35)40-15-10-33-19-21-6-7-24(32)26(16-21)38-2/h3-7,15-18,31,33H,8-14,19-20,32H2,1-2H3/p+1/b27-25-,31-18?. The number of rotatable bonds is 13. The normalized spacial score (nSPS) is 17.3. The Labute approximate surface area is 245 Å². The minimum Gasteiger partial charge on any atom is -0.495 e. The van der Waals surface area contributed by atoms with Crippen LogP contribution in [0.25, 0.3) is 0 Å². The van der Waals surface area contributed by atoms with Gasteiger partial charge in [0.1, 0.15) is 11.4 Å². The van der Waals surface area contributed by atoms with Crippen LogP contribution in [0.15, 0.2) is 53.9 Å². The first-order chi connectivity index (χ1) is 19.3. The van der Waals surface area contributed by atoms with Crippen LogP contribution in [0.4, 0.5) is 11.4 Å². The third kappa shape index (κ3) is 8.41. The number of nitrogens with two attached hydrogens (primary N) is 1. The summed E-state index contributed by atoms with van der Waals surface area (Å²) in [6, 6.07) is 12.8. The van der Waals surface area contributed by atoms with Crippen LogP contribution in [0.5, 0.6) is 5.75 Å².